The molecule has 0 aliphatic rings. The van der Waals surface area contributed by atoms with Crippen molar-refractivity contribution < 1.29 is 4.79 Å². The molecule has 0 spiro atoms. The van der Waals surface area contributed by atoms with Crippen LogP contribution in [0.15, 0.2) is 111 Å². The first-order valence-electron chi connectivity index (χ1n) is 12.3. The Morgan fingerprint density at radius 2 is 1.88 bits per heavy atom. The summed E-state index contributed by atoms with van der Waals surface area (Å²) in [5.41, 5.74) is 15.1. The number of primary amides is 1. The number of hydrogen-bond donors (Lipinski definition) is 2. The summed E-state index contributed by atoms with van der Waals surface area (Å²) in [4.78, 5) is 41.4. The summed E-state index contributed by atoms with van der Waals surface area (Å²) < 4.78 is 1.68. The molecule has 206 valence electrons. The molecule has 0 radical (unpaired) electrons. The Labute approximate surface area is 242 Å². The van der Waals surface area contributed by atoms with Gasteiger partial charge in [-0.2, -0.15) is 0 Å². The molecule has 4 N–H and O–H groups in total. The number of thiazole rings is 1. The van der Waals surface area contributed by atoms with Crippen LogP contribution < -0.4 is 17.0 Å². The van der Waals surface area contributed by atoms with E-state index in [-0.39, 0.29) is 22.7 Å². The third-order valence-electron chi connectivity index (χ3n) is 5.74. The number of aryl methyl sites for hydroxylation is 1. The summed E-state index contributed by atoms with van der Waals surface area (Å²) >= 11 is 1.47. The number of hydrogen-bond acceptors (Lipinski definition) is 7. The number of aliphatic imine (C=N–C) groups is 2. The van der Waals surface area contributed by atoms with Gasteiger partial charge in [0.15, 0.2) is 0 Å². The second kappa shape index (κ2) is 14.1. The van der Waals surface area contributed by atoms with Crippen molar-refractivity contribution in [3.63, 3.8) is 0 Å². The van der Waals surface area contributed by atoms with E-state index in [0.717, 1.165) is 16.4 Å². The van der Waals surface area contributed by atoms with Crippen molar-refractivity contribution in [2.75, 3.05) is 7.05 Å². The van der Waals surface area contributed by atoms with Gasteiger partial charge in [-0.15, -0.1) is 11.3 Å². The molecule has 0 saturated heterocycles. The van der Waals surface area contributed by atoms with Crippen molar-refractivity contribution in [2.45, 2.75) is 13.3 Å². The number of allylic oxidation sites excluding steroid dienone is 1. The van der Waals surface area contributed by atoms with Gasteiger partial charge in [-0.25, -0.2) is 4.98 Å². The highest BCUT2D eigenvalue weighted by Gasteiger charge is 2.17. The number of aromatic nitrogens is 3. The Morgan fingerprint density at radius 1 is 1.15 bits per heavy atom. The standard InChI is InChI=1S/C21H15N3OS.C10H14N4O/c1-2-19-23-18-10-6-7-15(11-12-17-13-22-14-26-17)20(18)21(25)24(19)16-8-4-3-5-9-16;1-5-6(2)8(13-3)7(10(12)15)9(11)14-4/h3-10,13-14H,2H2,1H3;5H,1-3H2,4H3,(H2,11,14)(H2,12,15)/b;8-7-. The Hall–Kier alpha value is -5.40. The molecule has 0 aliphatic heterocycles. The zero-order valence-corrected chi connectivity index (χ0v) is 23.6. The van der Waals surface area contributed by atoms with E-state index in [1.165, 1.54) is 24.5 Å². The van der Waals surface area contributed by atoms with Gasteiger partial charge in [-0.1, -0.05) is 56.3 Å². The van der Waals surface area contributed by atoms with Gasteiger partial charge in [0.25, 0.3) is 11.5 Å². The molecule has 2 heterocycles. The molecule has 9 nitrogen and oxygen atoms in total. The van der Waals surface area contributed by atoms with Gasteiger partial charge in [0.1, 0.15) is 17.2 Å². The molecular formula is C31H29N7O2S. The van der Waals surface area contributed by atoms with Gasteiger partial charge in [0, 0.05) is 19.0 Å². The molecule has 4 aromatic rings. The van der Waals surface area contributed by atoms with Crippen LogP contribution in [0.2, 0.25) is 0 Å². The van der Waals surface area contributed by atoms with E-state index in [1.807, 2.05) is 55.5 Å². The molecule has 0 bridgehead atoms. The predicted molar refractivity (Wildman–Crippen MR) is 167 cm³/mol. The van der Waals surface area contributed by atoms with E-state index in [0.29, 0.717) is 28.5 Å². The van der Waals surface area contributed by atoms with Crippen LogP contribution in [0, 0.1) is 11.8 Å². The number of nitrogens with zero attached hydrogens (tertiary/aromatic N) is 5. The molecule has 2 aromatic carbocycles. The number of amidine groups is 1. The lowest BCUT2D eigenvalue weighted by atomic mass is 10.1. The lowest BCUT2D eigenvalue weighted by molar-refractivity contribution is -0.114. The minimum absolute atomic E-state index is 0.00241. The van der Waals surface area contributed by atoms with Gasteiger partial charge in [-0.05, 0) is 42.5 Å². The van der Waals surface area contributed by atoms with Crippen LogP contribution in [0.25, 0.3) is 16.6 Å². The van der Waals surface area contributed by atoms with Gasteiger partial charge in [0.05, 0.1) is 38.9 Å². The summed E-state index contributed by atoms with van der Waals surface area (Å²) in [6, 6.07) is 15.2. The zero-order valence-electron chi connectivity index (χ0n) is 22.8. The number of carbonyl (C=O) groups excluding carboxylic acids is 1. The SMILES string of the molecule is C=CC(=C)/C(N=C)=C(/C(N)=O)C(N)=NC.CCc1nc2cccc(C#Cc3cncs3)c2c(=O)n1-c1ccccc1. The number of carbonyl (C=O) groups is 1. The Bertz CT molecular complexity index is 1790. The van der Waals surface area contributed by atoms with Crippen LogP contribution in [0.4, 0.5) is 0 Å². The first-order chi connectivity index (χ1) is 19.8. The summed E-state index contributed by atoms with van der Waals surface area (Å²) in [6.07, 6.45) is 3.81. The summed E-state index contributed by atoms with van der Waals surface area (Å²) in [7, 11) is 1.44. The fraction of sp³-hybridized carbons (Fsp3) is 0.0968. The van der Waals surface area contributed by atoms with E-state index >= 15 is 0 Å². The van der Waals surface area contributed by atoms with Crippen LogP contribution in [0.5, 0.6) is 0 Å². The minimum Gasteiger partial charge on any atom is -0.383 e. The van der Waals surface area contributed by atoms with E-state index < -0.39 is 5.91 Å². The van der Waals surface area contributed by atoms with E-state index in [1.54, 1.807) is 16.3 Å². The fourth-order valence-corrected chi connectivity index (χ4v) is 4.25. The Balaban J connectivity index is 0.000000266. The highest BCUT2D eigenvalue weighted by atomic mass is 32.1. The highest BCUT2D eigenvalue weighted by molar-refractivity contribution is 7.10. The Kier molecular flexibility index (Phi) is 10.4. The van der Waals surface area contributed by atoms with Crippen LogP contribution in [-0.4, -0.2) is 40.0 Å². The number of para-hydroxylation sites is 1. The topological polar surface area (TPSA) is 142 Å². The molecular weight excluding hydrogens is 534 g/mol. The molecule has 10 heteroatoms. The molecule has 0 fully saturated rings. The van der Waals surface area contributed by atoms with Gasteiger partial charge in [0.2, 0.25) is 0 Å². The summed E-state index contributed by atoms with van der Waals surface area (Å²) in [5, 5.41) is 0.547. The third kappa shape index (κ3) is 6.98. The lowest BCUT2D eigenvalue weighted by Gasteiger charge is -2.13. The number of fused-ring (bicyclic) bond motifs is 1. The smallest absolute Gasteiger partial charge is 0.267 e. The lowest BCUT2D eigenvalue weighted by Crippen LogP contribution is -2.28. The van der Waals surface area contributed by atoms with E-state index in [9.17, 15) is 9.59 Å². The quantitative estimate of drug-likeness (QED) is 0.115. The van der Waals surface area contributed by atoms with Gasteiger partial charge < -0.3 is 11.5 Å². The maximum absolute atomic E-state index is 13.3. The monoisotopic (exact) mass is 563 g/mol. The highest BCUT2D eigenvalue weighted by Crippen LogP contribution is 2.17. The van der Waals surface area contributed by atoms with Crippen molar-refractivity contribution in [1.29, 1.82) is 0 Å². The molecule has 1 amide bonds. The van der Waals surface area contributed by atoms with E-state index in [4.69, 9.17) is 16.5 Å². The molecule has 0 atom stereocenters. The van der Waals surface area contributed by atoms with Crippen LogP contribution >= 0.6 is 11.3 Å². The zero-order chi connectivity index (χ0) is 29.9. The van der Waals surface area contributed by atoms with Gasteiger partial charge >= 0.3 is 0 Å². The number of benzene rings is 2. The second-order valence-electron chi connectivity index (χ2n) is 8.26. The molecule has 41 heavy (non-hydrogen) atoms. The van der Waals surface area contributed by atoms with Gasteiger partial charge in [-0.3, -0.25) is 29.1 Å². The van der Waals surface area contributed by atoms with Crippen molar-refractivity contribution in [3.05, 3.63) is 123 Å². The van der Waals surface area contributed by atoms with Crippen molar-refractivity contribution >= 4 is 40.7 Å². The fourth-order valence-electron chi connectivity index (χ4n) is 3.78. The summed E-state index contributed by atoms with van der Waals surface area (Å²) in [5.74, 6) is 6.19. The largest absolute Gasteiger partial charge is 0.383 e. The first kappa shape index (κ1) is 30.1. The predicted octanol–water partition coefficient (Wildman–Crippen LogP) is 3.96. The number of rotatable bonds is 7. The van der Waals surface area contributed by atoms with Crippen molar-refractivity contribution in [2.24, 2.45) is 21.5 Å². The summed E-state index contributed by atoms with van der Waals surface area (Å²) in [6.45, 7) is 12.5. The first-order valence-corrected chi connectivity index (χ1v) is 13.2. The molecule has 0 saturated carbocycles. The maximum Gasteiger partial charge on any atom is 0.267 e. The maximum atomic E-state index is 13.3. The van der Waals surface area contributed by atoms with Crippen LogP contribution in [-0.2, 0) is 11.2 Å². The second-order valence-corrected chi connectivity index (χ2v) is 9.14. The number of amides is 1. The third-order valence-corrected chi connectivity index (χ3v) is 6.43. The number of nitrogens with two attached hydrogens (primary N) is 2. The molecule has 0 aliphatic carbocycles. The van der Waals surface area contributed by atoms with Crippen molar-refractivity contribution in [3.8, 4) is 17.5 Å². The normalized spacial score (nSPS) is 11.3. The van der Waals surface area contributed by atoms with E-state index in [2.05, 4.69) is 46.7 Å². The van der Waals surface area contributed by atoms with Crippen molar-refractivity contribution in [1.82, 2.24) is 14.5 Å². The Morgan fingerprint density at radius 3 is 2.44 bits per heavy atom. The molecule has 2 aromatic heterocycles. The van der Waals surface area contributed by atoms with Crippen LogP contribution in [0.3, 0.4) is 0 Å². The molecule has 4 rings (SSSR count). The van der Waals surface area contributed by atoms with Crippen LogP contribution in [0.1, 0.15) is 23.2 Å². The average molecular weight is 564 g/mol. The molecule has 0 unspecified atom stereocenters. The minimum atomic E-state index is -0.733. The average Bonchev–Trinajstić information content (AvgIpc) is 3.52.